The van der Waals surface area contributed by atoms with Crippen LogP contribution in [0.1, 0.15) is 21.8 Å². The predicted octanol–water partition coefficient (Wildman–Crippen LogP) is 2.99. The normalized spacial score (nSPS) is 10.4. The molecule has 0 saturated carbocycles. The van der Waals surface area contributed by atoms with Crippen molar-refractivity contribution >= 4 is 5.91 Å². The molecule has 7 nitrogen and oxygen atoms in total. The Morgan fingerprint density at radius 1 is 1.12 bits per heavy atom. The summed E-state index contributed by atoms with van der Waals surface area (Å²) >= 11 is 0. The number of benzene rings is 2. The standard InChI is InChI=1S/C19H19N3O4/c1-12-6-4-7-13(10-12)18-21-16(26-22-18)11-20-19(23)17-14(24-2)8-5-9-15(17)25-3/h4-10H,11H2,1-3H3,(H,20,23). The van der Waals surface area contributed by atoms with Gasteiger partial charge < -0.3 is 19.3 Å². The van der Waals surface area contributed by atoms with Crippen molar-refractivity contribution in [2.24, 2.45) is 0 Å². The highest BCUT2D eigenvalue weighted by Crippen LogP contribution is 2.28. The smallest absolute Gasteiger partial charge is 0.259 e. The van der Waals surface area contributed by atoms with Crippen molar-refractivity contribution in [2.75, 3.05) is 14.2 Å². The SMILES string of the molecule is COc1cccc(OC)c1C(=O)NCc1nc(-c2cccc(C)c2)no1. The van der Waals surface area contributed by atoms with Gasteiger partial charge >= 0.3 is 0 Å². The first-order valence-electron chi connectivity index (χ1n) is 8.01. The molecular weight excluding hydrogens is 334 g/mol. The molecule has 0 radical (unpaired) electrons. The Morgan fingerprint density at radius 3 is 2.46 bits per heavy atom. The summed E-state index contributed by atoms with van der Waals surface area (Å²) in [7, 11) is 3.00. The monoisotopic (exact) mass is 353 g/mol. The minimum atomic E-state index is -0.352. The van der Waals surface area contributed by atoms with E-state index in [1.54, 1.807) is 18.2 Å². The molecule has 0 fully saturated rings. The molecule has 3 rings (SSSR count). The summed E-state index contributed by atoms with van der Waals surface area (Å²) in [6, 6.07) is 12.9. The number of nitrogens with zero attached hydrogens (tertiary/aromatic N) is 2. The van der Waals surface area contributed by atoms with Crippen LogP contribution in [0.15, 0.2) is 47.0 Å². The molecule has 1 heterocycles. The van der Waals surface area contributed by atoms with Crippen LogP contribution in [-0.2, 0) is 6.54 Å². The van der Waals surface area contributed by atoms with Crippen LogP contribution in [0.5, 0.6) is 11.5 Å². The second-order valence-corrected chi connectivity index (χ2v) is 5.60. The summed E-state index contributed by atoms with van der Waals surface area (Å²) < 4.78 is 15.7. The third-order valence-corrected chi connectivity index (χ3v) is 3.80. The van der Waals surface area contributed by atoms with Crippen molar-refractivity contribution in [3.05, 3.63) is 59.5 Å². The van der Waals surface area contributed by atoms with E-state index in [1.807, 2.05) is 31.2 Å². The summed E-state index contributed by atoms with van der Waals surface area (Å²) in [6.45, 7) is 2.09. The lowest BCUT2D eigenvalue weighted by molar-refractivity contribution is 0.0940. The van der Waals surface area contributed by atoms with E-state index in [9.17, 15) is 4.79 Å². The maximum Gasteiger partial charge on any atom is 0.259 e. The summed E-state index contributed by atoms with van der Waals surface area (Å²) in [5, 5.41) is 6.70. The Hall–Kier alpha value is -3.35. The van der Waals surface area contributed by atoms with Crippen molar-refractivity contribution < 1.29 is 18.8 Å². The Bertz CT molecular complexity index is 898. The fourth-order valence-electron chi connectivity index (χ4n) is 2.55. The van der Waals surface area contributed by atoms with Gasteiger partial charge in [-0.1, -0.05) is 35.0 Å². The van der Waals surface area contributed by atoms with E-state index >= 15 is 0 Å². The zero-order chi connectivity index (χ0) is 18.5. The maximum atomic E-state index is 12.5. The molecule has 1 amide bonds. The average molecular weight is 353 g/mol. The second-order valence-electron chi connectivity index (χ2n) is 5.60. The third-order valence-electron chi connectivity index (χ3n) is 3.80. The molecular formula is C19H19N3O4. The molecule has 0 bridgehead atoms. The molecule has 7 heteroatoms. The number of hydrogen-bond acceptors (Lipinski definition) is 6. The summed E-state index contributed by atoms with van der Waals surface area (Å²) in [5.41, 5.74) is 2.28. The van der Waals surface area contributed by atoms with Gasteiger partial charge in [0, 0.05) is 5.56 Å². The van der Waals surface area contributed by atoms with E-state index in [1.165, 1.54) is 14.2 Å². The number of amides is 1. The maximum absolute atomic E-state index is 12.5. The largest absolute Gasteiger partial charge is 0.496 e. The van der Waals surface area contributed by atoms with Crippen LogP contribution in [0.4, 0.5) is 0 Å². The van der Waals surface area contributed by atoms with Crippen molar-refractivity contribution in [1.82, 2.24) is 15.5 Å². The van der Waals surface area contributed by atoms with Gasteiger partial charge in [0.05, 0.1) is 20.8 Å². The Morgan fingerprint density at radius 2 is 1.81 bits per heavy atom. The molecule has 3 aromatic rings. The number of hydrogen-bond donors (Lipinski definition) is 1. The fraction of sp³-hybridized carbons (Fsp3) is 0.211. The fourth-order valence-corrected chi connectivity index (χ4v) is 2.55. The first-order chi connectivity index (χ1) is 12.6. The average Bonchev–Trinajstić information content (AvgIpc) is 3.14. The van der Waals surface area contributed by atoms with Gasteiger partial charge in [-0.05, 0) is 25.1 Å². The molecule has 26 heavy (non-hydrogen) atoms. The van der Waals surface area contributed by atoms with Crippen LogP contribution in [0.3, 0.4) is 0 Å². The van der Waals surface area contributed by atoms with Gasteiger partial charge in [0.25, 0.3) is 5.91 Å². The van der Waals surface area contributed by atoms with Crippen molar-refractivity contribution in [3.8, 4) is 22.9 Å². The first-order valence-corrected chi connectivity index (χ1v) is 8.01. The zero-order valence-electron chi connectivity index (χ0n) is 14.8. The number of aromatic nitrogens is 2. The van der Waals surface area contributed by atoms with E-state index in [4.69, 9.17) is 14.0 Å². The van der Waals surface area contributed by atoms with Crippen LogP contribution in [0.2, 0.25) is 0 Å². The molecule has 1 aromatic heterocycles. The minimum Gasteiger partial charge on any atom is -0.496 e. The molecule has 2 aromatic carbocycles. The number of rotatable bonds is 6. The molecule has 0 aliphatic carbocycles. The second kappa shape index (κ2) is 7.69. The van der Waals surface area contributed by atoms with Gasteiger partial charge in [0.2, 0.25) is 11.7 Å². The van der Waals surface area contributed by atoms with Gasteiger partial charge in [0.1, 0.15) is 17.1 Å². The topological polar surface area (TPSA) is 86.5 Å². The van der Waals surface area contributed by atoms with Crippen LogP contribution in [0.25, 0.3) is 11.4 Å². The highest BCUT2D eigenvalue weighted by atomic mass is 16.5. The Labute approximate surface area is 150 Å². The van der Waals surface area contributed by atoms with E-state index in [0.29, 0.717) is 28.8 Å². The van der Waals surface area contributed by atoms with Crippen LogP contribution in [0, 0.1) is 6.92 Å². The molecule has 0 unspecified atom stereocenters. The lowest BCUT2D eigenvalue weighted by atomic mass is 10.1. The number of aryl methyl sites for hydroxylation is 1. The quantitative estimate of drug-likeness (QED) is 0.733. The van der Waals surface area contributed by atoms with Crippen LogP contribution >= 0.6 is 0 Å². The van der Waals surface area contributed by atoms with Crippen molar-refractivity contribution in [2.45, 2.75) is 13.5 Å². The van der Waals surface area contributed by atoms with E-state index < -0.39 is 0 Å². The van der Waals surface area contributed by atoms with Crippen molar-refractivity contribution in [3.63, 3.8) is 0 Å². The molecule has 0 saturated heterocycles. The molecule has 134 valence electrons. The molecule has 0 aliphatic heterocycles. The lowest BCUT2D eigenvalue weighted by Gasteiger charge is -2.12. The highest BCUT2D eigenvalue weighted by Gasteiger charge is 2.19. The number of nitrogens with one attached hydrogen (secondary N) is 1. The molecule has 0 aliphatic rings. The summed E-state index contributed by atoms with van der Waals surface area (Å²) in [6.07, 6.45) is 0. The summed E-state index contributed by atoms with van der Waals surface area (Å²) in [5.74, 6) is 1.28. The van der Waals surface area contributed by atoms with E-state index in [0.717, 1.165) is 11.1 Å². The van der Waals surface area contributed by atoms with Gasteiger partial charge in [0.15, 0.2) is 0 Å². The van der Waals surface area contributed by atoms with Gasteiger partial charge in [-0.2, -0.15) is 4.98 Å². The van der Waals surface area contributed by atoms with Gasteiger partial charge in [-0.3, -0.25) is 4.79 Å². The van der Waals surface area contributed by atoms with Crippen LogP contribution in [-0.4, -0.2) is 30.3 Å². The minimum absolute atomic E-state index is 0.0961. The molecule has 0 atom stereocenters. The van der Waals surface area contributed by atoms with Crippen molar-refractivity contribution in [1.29, 1.82) is 0 Å². The highest BCUT2D eigenvalue weighted by molar-refractivity contribution is 5.99. The van der Waals surface area contributed by atoms with Gasteiger partial charge in [-0.15, -0.1) is 0 Å². The van der Waals surface area contributed by atoms with Gasteiger partial charge in [-0.25, -0.2) is 0 Å². The predicted molar refractivity (Wildman–Crippen MR) is 95.2 cm³/mol. The van der Waals surface area contributed by atoms with E-state index in [2.05, 4.69) is 15.5 Å². The molecule has 1 N–H and O–H groups in total. The zero-order valence-corrected chi connectivity index (χ0v) is 14.8. The first kappa shape index (κ1) is 17.5. The Balaban J connectivity index is 1.73. The Kier molecular flexibility index (Phi) is 5.17. The summed E-state index contributed by atoms with van der Waals surface area (Å²) in [4.78, 5) is 16.9. The van der Waals surface area contributed by atoms with E-state index in [-0.39, 0.29) is 12.5 Å². The third kappa shape index (κ3) is 3.66. The molecule has 0 spiro atoms. The number of carbonyl (C=O) groups excluding carboxylic acids is 1. The number of carbonyl (C=O) groups is 1. The lowest BCUT2D eigenvalue weighted by Crippen LogP contribution is -2.24. The number of methoxy groups -OCH3 is 2. The number of ether oxygens (including phenoxy) is 2. The van der Waals surface area contributed by atoms with Crippen LogP contribution < -0.4 is 14.8 Å².